The van der Waals surface area contributed by atoms with Crippen LogP contribution in [0.4, 0.5) is 16.4 Å². The van der Waals surface area contributed by atoms with Gasteiger partial charge in [0.25, 0.3) is 0 Å². The number of aliphatic hydroxyl groups excluding tert-OH is 1. The first-order valence-electron chi connectivity index (χ1n) is 7.77. The molecule has 1 saturated heterocycles. The number of nitrogens with zero attached hydrogens (tertiary/aromatic N) is 4. The van der Waals surface area contributed by atoms with Crippen molar-refractivity contribution in [2.75, 3.05) is 29.9 Å². The molecule has 23 heavy (non-hydrogen) atoms. The van der Waals surface area contributed by atoms with Crippen LogP contribution in [-0.4, -0.2) is 51.8 Å². The Morgan fingerprint density at radius 1 is 1.35 bits per heavy atom. The molecule has 1 aliphatic rings. The van der Waals surface area contributed by atoms with E-state index in [4.69, 9.17) is 0 Å². The Bertz CT molecular complexity index is 699. The van der Waals surface area contributed by atoms with Crippen molar-refractivity contribution in [3.8, 4) is 0 Å². The highest BCUT2D eigenvalue weighted by atomic mass is 16.3. The summed E-state index contributed by atoms with van der Waals surface area (Å²) in [5.74, 6) is 1.18. The minimum Gasteiger partial charge on any atom is -0.393 e. The average molecular weight is 316 g/mol. The van der Waals surface area contributed by atoms with Crippen molar-refractivity contribution in [1.29, 1.82) is 0 Å². The number of carbonyl (C=O) groups excluding carboxylic acids is 1. The van der Waals surface area contributed by atoms with E-state index >= 15 is 0 Å². The number of pyridine rings is 1. The van der Waals surface area contributed by atoms with Crippen LogP contribution >= 0.6 is 0 Å². The van der Waals surface area contributed by atoms with Crippen LogP contribution in [0.15, 0.2) is 18.3 Å². The quantitative estimate of drug-likeness (QED) is 0.784. The van der Waals surface area contributed by atoms with Crippen molar-refractivity contribution in [3.63, 3.8) is 0 Å². The van der Waals surface area contributed by atoms with Crippen LogP contribution in [0.5, 0.6) is 0 Å². The minimum absolute atomic E-state index is 0.231. The summed E-state index contributed by atoms with van der Waals surface area (Å²) in [5.41, 5.74) is 1.16. The van der Waals surface area contributed by atoms with Gasteiger partial charge in [0.1, 0.15) is 17.2 Å². The zero-order valence-electron chi connectivity index (χ0n) is 13.0. The third-order valence-electron chi connectivity index (χ3n) is 3.76. The van der Waals surface area contributed by atoms with Gasteiger partial charge in [-0.15, -0.1) is 0 Å². The van der Waals surface area contributed by atoms with Crippen LogP contribution in [0.25, 0.3) is 11.2 Å². The Hall–Kier alpha value is -2.48. The Labute approximate surface area is 134 Å². The lowest BCUT2D eigenvalue weighted by atomic mass is 10.1. The number of aliphatic hydroxyl groups is 1. The largest absolute Gasteiger partial charge is 0.393 e. The minimum atomic E-state index is -0.298. The molecule has 2 amide bonds. The lowest BCUT2D eigenvalue weighted by Crippen LogP contribution is -2.36. The molecule has 0 aliphatic carbocycles. The van der Waals surface area contributed by atoms with Gasteiger partial charge < -0.3 is 15.3 Å². The molecule has 3 N–H and O–H groups in total. The van der Waals surface area contributed by atoms with Crippen molar-refractivity contribution in [3.05, 3.63) is 18.3 Å². The van der Waals surface area contributed by atoms with E-state index < -0.39 is 0 Å². The van der Waals surface area contributed by atoms with E-state index in [1.165, 1.54) is 0 Å². The zero-order valence-corrected chi connectivity index (χ0v) is 13.0. The number of carbonyl (C=O) groups is 1. The summed E-state index contributed by atoms with van der Waals surface area (Å²) in [6.45, 7) is 3.89. The van der Waals surface area contributed by atoms with Gasteiger partial charge in [-0.3, -0.25) is 5.32 Å². The zero-order chi connectivity index (χ0) is 16.2. The van der Waals surface area contributed by atoms with E-state index in [-0.39, 0.29) is 12.1 Å². The molecular weight excluding hydrogens is 296 g/mol. The number of rotatable bonds is 3. The summed E-state index contributed by atoms with van der Waals surface area (Å²) in [7, 11) is 0. The molecule has 0 atom stereocenters. The molecule has 8 nitrogen and oxygen atoms in total. The monoisotopic (exact) mass is 316 g/mol. The third-order valence-corrected chi connectivity index (χ3v) is 3.76. The topological polar surface area (TPSA) is 103 Å². The highest BCUT2D eigenvalue weighted by Gasteiger charge is 2.18. The predicted octanol–water partition coefficient (Wildman–Crippen LogP) is 1.13. The van der Waals surface area contributed by atoms with Gasteiger partial charge in [-0.1, -0.05) is 0 Å². The fourth-order valence-corrected chi connectivity index (χ4v) is 2.53. The first-order chi connectivity index (χ1) is 11.2. The van der Waals surface area contributed by atoms with Crippen LogP contribution < -0.4 is 15.5 Å². The van der Waals surface area contributed by atoms with Crippen LogP contribution in [0.2, 0.25) is 0 Å². The SMILES string of the molecule is CCNC(=O)Nc1ccc2ncc(N3CCC(O)CC3)nc2n1. The second kappa shape index (κ2) is 6.74. The van der Waals surface area contributed by atoms with E-state index in [1.54, 1.807) is 18.3 Å². The molecule has 0 bridgehead atoms. The van der Waals surface area contributed by atoms with Crippen molar-refractivity contribution in [2.45, 2.75) is 25.9 Å². The second-order valence-electron chi connectivity index (χ2n) is 5.47. The molecule has 0 saturated carbocycles. The van der Waals surface area contributed by atoms with Gasteiger partial charge in [-0.05, 0) is 31.9 Å². The summed E-state index contributed by atoms with van der Waals surface area (Å²) < 4.78 is 0. The van der Waals surface area contributed by atoms with Crippen LogP contribution in [0.3, 0.4) is 0 Å². The Morgan fingerprint density at radius 2 is 2.13 bits per heavy atom. The maximum absolute atomic E-state index is 11.6. The van der Waals surface area contributed by atoms with Crippen LogP contribution in [0.1, 0.15) is 19.8 Å². The maximum Gasteiger partial charge on any atom is 0.320 e. The lowest BCUT2D eigenvalue weighted by molar-refractivity contribution is 0.145. The summed E-state index contributed by atoms with van der Waals surface area (Å²) in [5, 5.41) is 14.9. The number of urea groups is 1. The molecule has 1 aliphatic heterocycles. The summed E-state index contributed by atoms with van der Waals surface area (Å²) in [6.07, 6.45) is 2.95. The average Bonchev–Trinajstić information content (AvgIpc) is 2.55. The Kier molecular flexibility index (Phi) is 4.52. The van der Waals surface area contributed by atoms with Crippen LogP contribution in [0, 0.1) is 0 Å². The Balaban J connectivity index is 1.81. The summed E-state index contributed by atoms with van der Waals surface area (Å²) >= 11 is 0. The number of amides is 2. The third kappa shape index (κ3) is 3.65. The molecule has 0 aromatic carbocycles. The lowest BCUT2D eigenvalue weighted by Gasteiger charge is -2.30. The molecule has 0 radical (unpaired) electrons. The molecule has 3 rings (SSSR count). The number of anilines is 2. The molecule has 122 valence electrons. The number of hydrogen-bond donors (Lipinski definition) is 3. The number of aromatic nitrogens is 3. The highest BCUT2D eigenvalue weighted by molar-refractivity contribution is 5.89. The highest BCUT2D eigenvalue weighted by Crippen LogP contribution is 2.20. The van der Waals surface area contributed by atoms with E-state index in [0.717, 1.165) is 31.7 Å². The Morgan fingerprint density at radius 3 is 2.87 bits per heavy atom. The number of fused-ring (bicyclic) bond motifs is 1. The van der Waals surface area contributed by atoms with Gasteiger partial charge in [-0.2, -0.15) is 0 Å². The second-order valence-corrected chi connectivity index (χ2v) is 5.47. The molecule has 2 aromatic heterocycles. The van der Waals surface area contributed by atoms with Crippen LogP contribution in [-0.2, 0) is 0 Å². The standard InChI is InChI=1S/C15H20N6O2/c1-2-16-15(23)19-12-4-3-11-14(18-12)20-13(9-17-11)21-7-5-10(22)6-8-21/h3-4,9-10,22H,2,5-8H2,1H3,(H2,16,18,19,20,23). The van der Waals surface area contributed by atoms with E-state index in [0.29, 0.717) is 23.5 Å². The fraction of sp³-hybridized carbons (Fsp3) is 0.467. The maximum atomic E-state index is 11.6. The van der Waals surface area contributed by atoms with Crippen molar-refractivity contribution in [2.24, 2.45) is 0 Å². The van der Waals surface area contributed by atoms with E-state index in [1.807, 2.05) is 6.92 Å². The number of hydrogen-bond acceptors (Lipinski definition) is 6. The van der Waals surface area contributed by atoms with Crippen molar-refractivity contribution < 1.29 is 9.90 Å². The summed E-state index contributed by atoms with van der Waals surface area (Å²) in [6, 6.07) is 3.18. The number of nitrogens with one attached hydrogen (secondary N) is 2. The first-order valence-corrected chi connectivity index (χ1v) is 7.77. The molecular formula is C15H20N6O2. The molecule has 0 unspecified atom stereocenters. The van der Waals surface area contributed by atoms with Gasteiger partial charge in [0, 0.05) is 19.6 Å². The van der Waals surface area contributed by atoms with Gasteiger partial charge >= 0.3 is 6.03 Å². The predicted molar refractivity (Wildman–Crippen MR) is 87.5 cm³/mol. The van der Waals surface area contributed by atoms with E-state index in [9.17, 15) is 9.90 Å². The molecule has 2 aromatic rings. The summed E-state index contributed by atoms with van der Waals surface area (Å²) in [4.78, 5) is 26.9. The van der Waals surface area contributed by atoms with Gasteiger partial charge in [0.15, 0.2) is 5.65 Å². The fourth-order valence-electron chi connectivity index (χ4n) is 2.53. The van der Waals surface area contributed by atoms with Gasteiger partial charge in [-0.25, -0.2) is 19.7 Å². The normalized spacial score (nSPS) is 15.7. The smallest absolute Gasteiger partial charge is 0.320 e. The van der Waals surface area contributed by atoms with Crippen molar-refractivity contribution in [1.82, 2.24) is 20.3 Å². The van der Waals surface area contributed by atoms with Crippen molar-refractivity contribution >= 4 is 28.8 Å². The van der Waals surface area contributed by atoms with Gasteiger partial charge in [0.2, 0.25) is 0 Å². The molecule has 0 spiro atoms. The number of piperidine rings is 1. The first kappa shape index (κ1) is 15.4. The molecule has 8 heteroatoms. The molecule has 3 heterocycles. The van der Waals surface area contributed by atoms with Gasteiger partial charge in [0.05, 0.1) is 12.3 Å². The van der Waals surface area contributed by atoms with E-state index in [2.05, 4.69) is 30.5 Å². The molecule has 1 fully saturated rings.